The third-order valence-electron chi connectivity index (χ3n) is 4.64. The van der Waals surface area contributed by atoms with Gasteiger partial charge in [0.25, 0.3) is 0 Å². The highest BCUT2D eigenvalue weighted by atomic mass is 35.5. The molecule has 0 aromatic heterocycles. The van der Waals surface area contributed by atoms with E-state index in [0.29, 0.717) is 12.1 Å². The molecule has 1 N–H and O–H groups in total. The minimum atomic E-state index is -0.739. The molecule has 1 aromatic rings. The molecule has 0 spiro atoms. The molecule has 4 nitrogen and oxygen atoms in total. The second-order valence-electron chi connectivity index (χ2n) is 5.95. The monoisotopic (exact) mass is 324 g/mol. The molecular weight excluding hydrogens is 300 g/mol. The zero-order valence-corrected chi connectivity index (χ0v) is 14.1. The standard InChI is InChI=1S/C17H25ClN2O2/c1-3-19(12-17(21)22)16-7-9-20(10-8-16)13(2)14-5-4-6-15(18)11-14/h4-6,11,13,16H,3,7-10,12H2,1-2H3,(H,21,22). The summed E-state index contributed by atoms with van der Waals surface area (Å²) in [5.74, 6) is -0.739. The van der Waals surface area contributed by atoms with Crippen molar-refractivity contribution in [2.75, 3.05) is 26.2 Å². The predicted octanol–water partition coefficient (Wildman–Crippen LogP) is 3.27. The normalized spacial score (nSPS) is 18.5. The molecule has 1 heterocycles. The van der Waals surface area contributed by atoms with Crippen molar-refractivity contribution in [3.63, 3.8) is 0 Å². The maximum atomic E-state index is 10.9. The lowest BCUT2D eigenvalue weighted by Gasteiger charge is -2.40. The Labute approximate surface area is 137 Å². The second kappa shape index (κ2) is 7.95. The fourth-order valence-electron chi connectivity index (χ4n) is 3.29. The molecule has 5 heteroatoms. The summed E-state index contributed by atoms with van der Waals surface area (Å²) < 4.78 is 0. The highest BCUT2D eigenvalue weighted by molar-refractivity contribution is 6.30. The van der Waals surface area contributed by atoms with Crippen molar-refractivity contribution in [1.82, 2.24) is 9.80 Å². The van der Waals surface area contributed by atoms with Gasteiger partial charge in [-0.3, -0.25) is 14.6 Å². The molecule has 1 aliphatic heterocycles. The van der Waals surface area contributed by atoms with E-state index >= 15 is 0 Å². The van der Waals surface area contributed by atoms with Crippen molar-refractivity contribution >= 4 is 17.6 Å². The van der Waals surface area contributed by atoms with Gasteiger partial charge in [0.05, 0.1) is 6.54 Å². The third kappa shape index (κ3) is 4.45. The number of benzene rings is 1. The lowest BCUT2D eigenvalue weighted by Crippen LogP contribution is -2.47. The summed E-state index contributed by atoms with van der Waals surface area (Å²) >= 11 is 6.08. The lowest BCUT2D eigenvalue weighted by molar-refractivity contribution is -0.139. The molecule has 1 fully saturated rings. The number of halogens is 1. The smallest absolute Gasteiger partial charge is 0.317 e. The highest BCUT2D eigenvalue weighted by Crippen LogP contribution is 2.27. The topological polar surface area (TPSA) is 43.8 Å². The summed E-state index contributed by atoms with van der Waals surface area (Å²) in [4.78, 5) is 15.5. The summed E-state index contributed by atoms with van der Waals surface area (Å²) in [6.07, 6.45) is 2.04. The maximum Gasteiger partial charge on any atom is 0.317 e. The zero-order chi connectivity index (χ0) is 16.1. The Morgan fingerprint density at radius 1 is 1.45 bits per heavy atom. The van der Waals surface area contributed by atoms with Crippen molar-refractivity contribution in [2.24, 2.45) is 0 Å². The number of carboxylic acids is 1. The first kappa shape index (κ1) is 17.3. The van der Waals surface area contributed by atoms with Crippen molar-refractivity contribution in [3.8, 4) is 0 Å². The number of carbonyl (C=O) groups is 1. The third-order valence-corrected chi connectivity index (χ3v) is 4.87. The quantitative estimate of drug-likeness (QED) is 0.872. The van der Waals surface area contributed by atoms with Crippen LogP contribution in [0.5, 0.6) is 0 Å². The van der Waals surface area contributed by atoms with Gasteiger partial charge in [0.15, 0.2) is 0 Å². The van der Waals surface area contributed by atoms with Gasteiger partial charge < -0.3 is 5.11 Å². The van der Waals surface area contributed by atoms with E-state index in [0.717, 1.165) is 37.5 Å². The van der Waals surface area contributed by atoms with Crippen LogP contribution >= 0.6 is 11.6 Å². The molecular formula is C17H25ClN2O2. The van der Waals surface area contributed by atoms with Crippen LogP contribution in [0.15, 0.2) is 24.3 Å². The largest absolute Gasteiger partial charge is 0.480 e. The molecule has 1 atom stereocenters. The van der Waals surface area contributed by atoms with Crippen LogP contribution in [0, 0.1) is 0 Å². The number of likely N-dealkylation sites (N-methyl/N-ethyl adjacent to an activating group) is 1. The summed E-state index contributed by atoms with van der Waals surface area (Å²) in [7, 11) is 0. The van der Waals surface area contributed by atoms with Crippen LogP contribution in [0.2, 0.25) is 5.02 Å². The Hall–Kier alpha value is -1.10. The van der Waals surface area contributed by atoms with Crippen molar-refractivity contribution in [2.45, 2.75) is 38.8 Å². The number of carboxylic acid groups (broad SMARTS) is 1. The summed E-state index contributed by atoms with van der Waals surface area (Å²) in [6, 6.07) is 8.76. The fourth-order valence-corrected chi connectivity index (χ4v) is 3.49. The Bertz CT molecular complexity index is 501. The molecule has 22 heavy (non-hydrogen) atoms. The number of likely N-dealkylation sites (tertiary alicyclic amines) is 1. The Kier molecular flexibility index (Phi) is 6.24. The Morgan fingerprint density at radius 2 is 2.14 bits per heavy atom. The number of hydrogen-bond acceptors (Lipinski definition) is 3. The molecule has 2 rings (SSSR count). The zero-order valence-electron chi connectivity index (χ0n) is 13.3. The van der Waals surface area contributed by atoms with E-state index < -0.39 is 5.97 Å². The lowest BCUT2D eigenvalue weighted by atomic mass is 9.99. The van der Waals surface area contributed by atoms with Crippen LogP contribution in [0.1, 0.15) is 38.3 Å². The van der Waals surface area contributed by atoms with Crippen LogP contribution in [0.25, 0.3) is 0 Å². The molecule has 0 amide bonds. The van der Waals surface area contributed by atoms with Crippen LogP contribution < -0.4 is 0 Å². The number of nitrogens with zero attached hydrogens (tertiary/aromatic N) is 2. The van der Waals surface area contributed by atoms with Gasteiger partial charge in [0.1, 0.15) is 0 Å². The summed E-state index contributed by atoms with van der Waals surface area (Å²) in [5, 5.41) is 9.77. The first-order valence-corrected chi connectivity index (χ1v) is 8.34. The van der Waals surface area contributed by atoms with Crippen molar-refractivity contribution in [3.05, 3.63) is 34.9 Å². The van der Waals surface area contributed by atoms with Crippen molar-refractivity contribution in [1.29, 1.82) is 0 Å². The Morgan fingerprint density at radius 3 is 2.68 bits per heavy atom. The molecule has 0 saturated carbocycles. The molecule has 122 valence electrons. The summed E-state index contributed by atoms with van der Waals surface area (Å²) in [6.45, 7) is 7.17. The van der Waals surface area contributed by atoms with Crippen LogP contribution in [-0.2, 0) is 4.79 Å². The van der Waals surface area contributed by atoms with Gasteiger partial charge in [-0.1, -0.05) is 30.7 Å². The van der Waals surface area contributed by atoms with E-state index in [9.17, 15) is 4.79 Å². The van der Waals surface area contributed by atoms with Crippen LogP contribution in [0.4, 0.5) is 0 Å². The van der Waals surface area contributed by atoms with Gasteiger partial charge in [-0.25, -0.2) is 0 Å². The van der Waals surface area contributed by atoms with Gasteiger partial charge in [-0.2, -0.15) is 0 Å². The number of aliphatic carboxylic acids is 1. The fraction of sp³-hybridized carbons (Fsp3) is 0.588. The first-order valence-electron chi connectivity index (χ1n) is 7.96. The van der Waals surface area contributed by atoms with Gasteiger partial charge in [-0.05, 0) is 44.0 Å². The van der Waals surface area contributed by atoms with E-state index in [4.69, 9.17) is 16.7 Å². The molecule has 0 aliphatic carbocycles. The Balaban J connectivity index is 1.92. The average molecular weight is 325 g/mol. The van der Waals surface area contributed by atoms with E-state index in [2.05, 4.69) is 22.8 Å². The van der Waals surface area contributed by atoms with E-state index in [1.807, 2.05) is 25.1 Å². The minimum Gasteiger partial charge on any atom is -0.480 e. The molecule has 0 radical (unpaired) electrons. The van der Waals surface area contributed by atoms with Gasteiger partial charge in [0, 0.05) is 30.2 Å². The van der Waals surface area contributed by atoms with Gasteiger partial charge >= 0.3 is 5.97 Å². The van der Waals surface area contributed by atoms with E-state index in [1.165, 1.54) is 5.56 Å². The van der Waals surface area contributed by atoms with Gasteiger partial charge in [-0.15, -0.1) is 0 Å². The van der Waals surface area contributed by atoms with Gasteiger partial charge in [0.2, 0.25) is 0 Å². The number of rotatable bonds is 6. The molecule has 1 unspecified atom stereocenters. The van der Waals surface area contributed by atoms with Crippen molar-refractivity contribution < 1.29 is 9.90 Å². The maximum absolute atomic E-state index is 10.9. The predicted molar refractivity (Wildman–Crippen MR) is 89.3 cm³/mol. The molecule has 1 aliphatic rings. The summed E-state index contributed by atoms with van der Waals surface area (Å²) in [5.41, 5.74) is 1.24. The van der Waals surface area contributed by atoms with Crippen LogP contribution in [0.3, 0.4) is 0 Å². The number of piperidine rings is 1. The van der Waals surface area contributed by atoms with Crippen LogP contribution in [-0.4, -0.2) is 53.1 Å². The molecule has 1 aromatic carbocycles. The average Bonchev–Trinajstić information content (AvgIpc) is 2.52. The number of hydrogen-bond donors (Lipinski definition) is 1. The molecule has 0 bridgehead atoms. The SMILES string of the molecule is CCN(CC(=O)O)C1CCN(C(C)c2cccc(Cl)c2)CC1. The minimum absolute atomic E-state index is 0.144. The second-order valence-corrected chi connectivity index (χ2v) is 6.39. The highest BCUT2D eigenvalue weighted by Gasteiger charge is 2.27. The molecule has 1 saturated heterocycles. The first-order chi connectivity index (χ1) is 10.5. The van der Waals surface area contributed by atoms with E-state index in [1.54, 1.807) is 0 Å². The van der Waals surface area contributed by atoms with E-state index in [-0.39, 0.29) is 6.54 Å².